The molecule has 94 valence electrons. The highest BCUT2D eigenvalue weighted by molar-refractivity contribution is 5.92. The molecule has 0 fully saturated rings. The van der Waals surface area contributed by atoms with Crippen LogP contribution in [0.3, 0.4) is 0 Å². The zero-order valence-electron chi connectivity index (χ0n) is 10.9. The van der Waals surface area contributed by atoms with Crippen molar-refractivity contribution in [1.29, 1.82) is 0 Å². The maximum atomic E-state index is 11.0. The molecule has 2 N–H and O–H groups in total. The molecular formula is C14H17N3O. The van der Waals surface area contributed by atoms with Crippen molar-refractivity contribution in [2.75, 3.05) is 0 Å². The highest BCUT2D eigenvalue weighted by Gasteiger charge is 2.10. The third-order valence-corrected chi connectivity index (χ3v) is 3.28. The van der Waals surface area contributed by atoms with Crippen LogP contribution in [0, 0.1) is 13.8 Å². The molecule has 0 radical (unpaired) electrons. The molecule has 1 aromatic heterocycles. The number of nitrogens with zero attached hydrogens (tertiary/aromatic N) is 2. The Bertz CT molecular complexity index is 582. The Labute approximate surface area is 106 Å². The van der Waals surface area contributed by atoms with Crippen molar-refractivity contribution in [2.24, 2.45) is 12.8 Å². The molecule has 2 aromatic rings. The van der Waals surface area contributed by atoms with E-state index in [9.17, 15) is 4.79 Å². The topological polar surface area (TPSA) is 60.9 Å². The summed E-state index contributed by atoms with van der Waals surface area (Å²) in [6.45, 7) is 4.08. The van der Waals surface area contributed by atoms with Gasteiger partial charge in [0.15, 0.2) is 0 Å². The van der Waals surface area contributed by atoms with Crippen LogP contribution in [0.4, 0.5) is 0 Å². The molecule has 1 heterocycles. The van der Waals surface area contributed by atoms with E-state index < -0.39 is 5.91 Å². The molecule has 1 amide bonds. The molecule has 0 spiro atoms. The number of aromatic nitrogens is 2. The fourth-order valence-corrected chi connectivity index (χ4v) is 2.06. The first kappa shape index (κ1) is 12.4. The van der Waals surface area contributed by atoms with Crippen LogP contribution in [0.1, 0.15) is 32.9 Å². The Hall–Kier alpha value is -2.10. The molecule has 0 aliphatic carbocycles. The van der Waals surface area contributed by atoms with Crippen molar-refractivity contribution in [2.45, 2.75) is 20.3 Å². The fraction of sp³-hybridized carbons (Fsp3) is 0.286. The van der Waals surface area contributed by atoms with Gasteiger partial charge >= 0.3 is 0 Å². The number of hydrogen-bond donors (Lipinski definition) is 1. The number of primary amides is 1. The number of nitrogens with two attached hydrogens (primary N) is 1. The third-order valence-electron chi connectivity index (χ3n) is 3.28. The van der Waals surface area contributed by atoms with Crippen molar-refractivity contribution < 1.29 is 4.79 Å². The molecule has 0 aliphatic rings. The summed E-state index contributed by atoms with van der Waals surface area (Å²) in [6, 6.07) is 7.40. The highest BCUT2D eigenvalue weighted by Crippen LogP contribution is 2.17. The molecule has 0 bridgehead atoms. The number of benzene rings is 1. The van der Waals surface area contributed by atoms with Gasteiger partial charge in [0.05, 0.1) is 5.69 Å². The predicted octanol–water partition coefficient (Wildman–Crippen LogP) is 1.73. The lowest BCUT2D eigenvalue weighted by atomic mass is 10.0. The summed E-state index contributed by atoms with van der Waals surface area (Å²) in [7, 11) is 1.95. The lowest BCUT2D eigenvalue weighted by Crippen LogP contribution is -2.10. The minimum Gasteiger partial charge on any atom is -0.366 e. The summed E-state index contributed by atoms with van der Waals surface area (Å²) in [5, 5.41) is 4.40. The van der Waals surface area contributed by atoms with E-state index >= 15 is 0 Å². The van der Waals surface area contributed by atoms with Crippen molar-refractivity contribution in [3.63, 3.8) is 0 Å². The summed E-state index contributed by atoms with van der Waals surface area (Å²) < 4.78 is 1.89. The molecule has 1 aromatic carbocycles. The standard InChI is InChI=1S/C14H17N3O/c1-9-13(10(2)17(3)16-9)8-11-4-6-12(7-5-11)14(15)18/h4-7H,8H2,1-3H3,(H2,15,18). The SMILES string of the molecule is Cc1nn(C)c(C)c1Cc1ccc(C(N)=O)cc1. The van der Waals surface area contributed by atoms with Gasteiger partial charge in [0.1, 0.15) is 0 Å². The molecule has 0 saturated heterocycles. The summed E-state index contributed by atoms with van der Waals surface area (Å²) in [4.78, 5) is 11.0. The smallest absolute Gasteiger partial charge is 0.248 e. The Balaban J connectivity index is 2.26. The molecular weight excluding hydrogens is 226 g/mol. The lowest BCUT2D eigenvalue weighted by molar-refractivity contribution is 0.100. The van der Waals surface area contributed by atoms with Gasteiger partial charge in [0.25, 0.3) is 0 Å². The van der Waals surface area contributed by atoms with Crippen LogP contribution in [0.15, 0.2) is 24.3 Å². The molecule has 0 unspecified atom stereocenters. The van der Waals surface area contributed by atoms with E-state index in [-0.39, 0.29) is 0 Å². The van der Waals surface area contributed by atoms with E-state index in [0.717, 1.165) is 17.7 Å². The number of carbonyl (C=O) groups excluding carboxylic acids is 1. The van der Waals surface area contributed by atoms with Gasteiger partial charge in [0.2, 0.25) is 5.91 Å². The first-order chi connectivity index (χ1) is 8.49. The second-order valence-electron chi connectivity index (χ2n) is 4.51. The summed E-state index contributed by atoms with van der Waals surface area (Å²) in [5.74, 6) is -0.393. The molecule has 2 rings (SSSR count). The molecule has 0 aliphatic heterocycles. The predicted molar refractivity (Wildman–Crippen MR) is 70.4 cm³/mol. The first-order valence-corrected chi connectivity index (χ1v) is 5.87. The van der Waals surface area contributed by atoms with Gasteiger partial charge in [-0.15, -0.1) is 0 Å². The average molecular weight is 243 g/mol. The van der Waals surface area contributed by atoms with Gasteiger partial charge in [0, 0.05) is 30.3 Å². The minimum absolute atomic E-state index is 0.393. The van der Waals surface area contributed by atoms with Gasteiger partial charge in [-0.05, 0) is 31.5 Å². The van der Waals surface area contributed by atoms with Crippen LogP contribution in [0.2, 0.25) is 0 Å². The van der Waals surface area contributed by atoms with E-state index in [1.54, 1.807) is 12.1 Å². The number of aryl methyl sites for hydroxylation is 2. The largest absolute Gasteiger partial charge is 0.366 e. The quantitative estimate of drug-likeness (QED) is 0.892. The van der Waals surface area contributed by atoms with E-state index in [0.29, 0.717) is 5.56 Å². The average Bonchev–Trinajstić information content (AvgIpc) is 2.57. The Kier molecular flexibility index (Phi) is 3.19. The Morgan fingerprint density at radius 1 is 1.28 bits per heavy atom. The number of rotatable bonds is 3. The Morgan fingerprint density at radius 3 is 2.33 bits per heavy atom. The maximum Gasteiger partial charge on any atom is 0.248 e. The van der Waals surface area contributed by atoms with Crippen LogP contribution >= 0.6 is 0 Å². The minimum atomic E-state index is -0.393. The summed E-state index contributed by atoms with van der Waals surface area (Å²) in [6.07, 6.45) is 0.824. The van der Waals surface area contributed by atoms with Crippen LogP contribution in [0.5, 0.6) is 0 Å². The van der Waals surface area contributed by atoms with Crippen LogP contribution < -0.4 is 5.73 Å². The van der Waals surface area contributed by atoms with Crippen LogP contribution in [0.25, 0.3) is 0 Å². The normalized spacial score (nSPS) is 10.6. The lowest BCUT2D eigenvalue weighted by Gasteiger charge is -2.03. The molecule has 0 saturated carbocycles. The van der Waals surface area contributed by atoms with Crippen molar-refractivity contribution >= 4 is 5.91 Å². The monoisotopic (exact) mass is 243 g/mol. The zero-order chi connectivity index (χ0) is 13.3. The number of amides is 1. The van der Waals surface area contributed by atoms with Gasteiger partial charge in [-0.25, -0.2) is 0 Å². The van der Waals surface area contributed by atoms with Gasteiger partial charge in [-0.1, -0.05) is 12.1 Å². The van der Waals surface area contributed by atoms with Crippen molar-refractivity contribution in [3.05, 3.63) is 52.3 Å². The van der Waals surface area contributed by atoms with Crippen LogP contribution in [-0.2, 0) is 13.5 Å². The van der Waals surface area contributed by atoms with E-state index in [2.05, 4.69) is 12.0 Å². The zero-order valence-corrected chi connectivity index (χ0v) is 10.9. The van der Waals surface area contributed by atoms with Crippen LogP contribution in [-0.4, -0.2) is 15.7 Å². The van der Waals surface area contributed by atoms with E-state index in [1.807, 2.05) is 30.8 Å². The molecule has 18 heavy (non-hydrogen) atoms. The van der Waals surface area contributed by atoms with Gasteiger partial charge in [-0.3, -0.25) is 9.48 Å². The Morgan fingerprint density at radius 2 is 1.89 bits per heavy atom. The second-order valence-corrected chi connectivity index (χ2v) is 4.51. The summed E-state index contributed by atoms with van der Waals surface area (Å²) >= 11 is 0. The molecule has 0 atom stereocenters. The summed E-state index contributed by atoms with van der Waals surface area (Å²) in [5.41, 5.74) is 10.4. The molecule has 4 heteroatoms. The number of hydrogen-bond acceptors (Lipinski definition) is 2. The van der Waals surface area contributed by atoms with Crippen molar-refractivity contribution in [1.82, 2.24) is 9.78 Å². The molecule has 4 nitrogen and oxygen atoms in total. The third kappa shape index (κ3) is 2.27. The van der Waals surface area contributed by atoms with E-state index in [4.69, 9.17) is 5.73 Å². The van der Waals surface area contributed by atoms with E-state index in [1.165, 1.54) is 11.3 Å². The highest BCUT2D eigenvalue weighted by atomic mass is 16.1. The second kappa shape index (κ2) is 4.64. The van der Waals surface area contributed by atoms with Gasteiger partial charge < -0.3 is 5.73 Å². The van der Waals surface area contributed by atoms with Gasteiger partial charge in [-0.2, -0.15) is 5.10 Å². The maximum absolute atomic E-state index is 11.0. The first-order valence-electron chi connectivity index (χ1n) is 5.87. The fourth-order valence-electron chi connectivity index (χ4n) is 2.06. The van der Waals surface area contributed by atoms with Crippen molar-refractivity contribution in [3.8, 4) is 0 Å². The number of carbonyl (C=O) groups is 1.